The van der Waals surface area contributed by atoms with Crippen LogP contribution in [-0.2, 0) is 23.5 Å². The van der Waals surface area contributed by atoms with Gasteiger partial charge in [-0.3, -0.25) is 0 Å². The number of hydrogen-bond acceptors (Lipinski definition) is 4. The van der Waals surface area contributed by atoms with E-state index in [9.17, 15) is 0 Å². The summed E-state index contributed by atoms with van der Waals surface area (Å²) in [5, 5.41) is 0. The molecule has 0 saturated heterocycles. The van der Waals surface area contributed by atoms with E-state index in [2.05, 4.69) is 0 Å². The van der Waals surface area contributed by atoms with Crippen molar-refractivity contribution in [2.75, 3.05) is 0 Å². The minimum atomic E-state index is -6.17. The van der Waals surface area contributed by atoms with Crippen LogP contribution in [0.25, 0.3) is 0 Å². The zero-order valence-corrected chi connectivity index (χ0v) is 9.10. The predicted molar refractivity (Wildman–Crippen MR) is 24.4 cm³/mol. The molecular formula is H11N2O4PW. The first-order valence-electron chi connectivity index (χ1n) is 0.667. The third kappa shape index (κ3) is 650. The molecule has 0 rings (SSSR count). The maximum atomic E-state index is 8.65. The van der Waals surface area contributed by atoms with E-state index in [0.717, 1.165) is 0 Å². The molecule has 8 N–H and O–H groups in total. The van der Waals surface area contributed by atoms with Crippen LogP contribution in [0.5, 0.6) is 0 Å². The Kier molecular flexibility index (Phi) is 22.2. The molecule has 8 heavy (non-hydrogen) atoms. The van der Waals surface area contributed by atoms with Crippen LogP contribution < -0.4 is 19.8 Å². The van der Waals surface area contributed by atoms with Gasteiger partial charge >= 0.3 is 31.1 Å². The molecule has 6 nitrogen and oxygen atoms in total. The van der Waals surface area contributed by atoms with Gasteiger partial charge in [-0.05, 0) is 0 Å². The van der Waals surface area contributed by atoms with Crippen molar-refractivity contribution in [2.24, 2.45) is 0 Å². The molecule has 1 atom stereocenters. The van der Waals surface area contributed by atoms with Crippen LogP contribution in [0.2, 0.25) is 0 Å². The van der Waals surface area contributed by atoms with Gasteiger partial charge in [0.2, 0.25) is 0 Å². The number of quaternary nitrogens is 2. The van der Waals surface area contributed by atoms with Crippen LogP contribution in [0.1, 0.15) is 0 Å². The SMILES string of the molecule is P.[NH4+].[NH4+].[O]=[W](=[O])([O-])[O-]. The van der Waals surface area contributed by atoms with Crippen LogP contribution in [0.15, 0.2) is 0 Å². The van der Waals surface area contributed by atoms with Crippen LogP contribution in [0.3, 0.4) is 0 Å². The van der Waals surface area contributed by atoms with Gasteiger partial charge in [0.1, 0.15) is 0 Å². The monoisotopic (exact) mass is 318 g/mol. The van der Waals surface area contributed by atoms with E-state index in [1.807, 2.05) is 0 Å². The molecule has 1 unspecified atom stereocenters. The van der Waals surface area contributed by atoms with Crippen LogP contribution in [-0.4, -0.2) is 0 Å². The van der Waals surface area contributed by atoms with Crippen molar-refractivity contribution in [2.45, 2.75) is 0 Å². The maximum absolute atomic E-state index is 8.65. The summed E-state index contributed by atoms with van der Waals surface area (Å²) >= 11 is -6.17. The topological polar surface area (TPSA) is 153 Å². The molecule has 0 aliphatic heterocycles. The Balaban J connectivity index is -0.0000000267. The van der Waals surface area contributed by atoms with Crippen LogP contribution in [0.4, 0.5) is 0 Å². The molecule has 0 amide bonds. The van der Waals surface area contributed by atoms with E-state index in [0.29, 0.717) is 0 Å². The second-order valence-electron chi connectivity index (χ2n) is 0.408. The summed E-state index contributed by atoms with van der Waals surface area (Å²) in [6.07, 6.45) is 0. The normalized spacial score (nSPS) is 7.25. The van der Waals surface area contributed by atoms with Crippen molar-refractivity contribution in [3.63, 3.8) is 0 Å². The van der Waals surface area contributed by atoms with Crippen LogP contribution in [0, 0.1) is 0 Å². The van der Waals surface area contributed by atoms with Crippen molar-refractivity contribution >= 4 is 9.90 Å². The second-order valence-corrected chi connectivity index (χ2v) is 3.34. The Labute approximate surface area is 53.8 Å². The van der Waals surface area contributed by atoms with E-state index in [-0.39, 0.29) is 22.2 Å². The summed E-state index contributed by atoms with van der Waals surface area (Å²) in [4.78, 5) is 0. The summed E-state index contributed by atoms with van der Waals surface area (Å²) in [5.74, 6) is 0. The molecule has 0 aromatic carbocycles. The Morgan fingerprint density at radius 3 is 1.00 bits per heavy atom. The Morgan fingerprint density at radius 1 is 1.00 bits per heavy atom. The molecule has 0 aliphatic rings. The van der Waals surface area contributed by atoms with Crippen molar-refractivity contribution < 1.29 is 31.1 Å². The fourth-order valence-electron chi connectivity index (χ4n) is 0. The molecule has 0 spiro atoms. The van der Waals surface area contributed by atoms with Gasteiger partial charge in [-0.25, -0.2) is 0 Å². The standard InChI is InChI=1S/2H3N.4O.H3P.W/h2*1H3;;;;;1H3;/q;;;;2*-1;;/p+2. The van der Waals surface area contributed by atoms with Crippen molar-refractivity contribution in [3.05, 3.63) is 0 Å². The van der Waals surface area contributed by atoms with Gasteiger partial charge in [0, 0.05) is 0 Å². The molecular weight excluding hydrogens is 307 g/mol. The quantitative estimate of drug-likeness (QED) is 0.505. The van der Waals surface area contributed by atoms with Crippen molar-refractivity contribution in [3.8, 4) is 0 Å². The average molecular weight is 318 g/mol. The molecule has 0 aliphatic carbocycles. The first-order valence-corrected chi connectivity index (χ1v) is 5.46. The zero-order valence-electron chi connectivity index (χ0n) is 4.75. The summed E-state index contributed by atoms with van der Waals surface area (Å²) in [6.45, 7) is 0. The molecule has 0 bridgehead atoms. The van der Waals surface area contributed by atoms with Gasteiger partial charge in [-0.1, -0.05) is 0 Å². The van der Waals surface area contributed by atoms with Gasteiger partial charge in [0.25, 0.3) is 0 Å². The molecule has 8 heteroatoms. The molecule has 0 fully saturated rings. The van der Waals surface area contributed by atoms with Crippen molar-refractivity contribution in [1.82, 2.24) is 12.3 Å². The third-order valence-electron chi connectivity index (χ3n) is 0. The third-order valence-corrected chi connectivity index (χ3v) is 0. The van der Waals surface area contributed by atoms with Gasteiger partial charge in [0.05, 0.1) is 0 Å². The Morgan fingerprint density at radius 2 is 1.00 bits per heavy atom. The van der Waals surface area contributed by atoms with E-state index in [1.165, 1.54) is 0 Å². The van der Waals surface area contributed by atoms with E-state index in [1.54, 1.807) is 0 Å². The second kappa shape index (κ2) is 7.56. The van der Waals surface area contributed by atoms with Gasteiger partial charge in [-0.15, -0.1) is 0 Å². The molecule has 0 aromatic rings. The fourth-order valence-corrected chi connectivity index (χ4v) is 0. The molecule has 56 valence electrons. The molecule has 0 saturated carbocycles. The number of rotatable bonds is 0. The zero-order chi connectivity index (χ0) is 4.50. The summed E-state index contributed by atoms with van der Waals surface area (Å²) in [5.41, 5.74) is 0. The van der Waals surface area contributed by atoms with Gasteiger partial charge < -0.3 is 12.3 Å². The molecule has 0 aromatic heterocycles. The van der Waals surface area contributed by atoms with Crippen molar-refractivity contribution in [1.29, 1.82) is 0 Å². The van der Waals surface area contributed by atoms with E-state index in [4.69, 9.17) is 14.3 Å². The van der Waals surface area contributed by atoms with E-state index >= 15 is 0 Å². The van der Waals surface area contributed by atoms with Crippen LogP contribution >= 0.6 is 9.90 Å². The van der Waals surface area contributed by atoms with E-state index < -0.39 is 16.7 Å². The summed E-state index contributed by atoms with van der Waals surface area (Å²) in [6, 6.07) is 0. The summed E-state index contributed by atoms with van der Waals surface area (Å²) in [7, 11) is 0. The Bertz CT molecular complexity index is 97.2. The molecule has 0 heterocycles. The first-order chi connectivity index (χ1) is 2.00. The average Bonchev–Trinajstić information content (AvgIpc) is 0.722. The van der Waals surface area contributed by atoms with Gasteiger partial charge in [-0.2, -0.15) is 9.90 Å². The fraction of sp³-hybridized carbons (Fsp3) is 0. The molecule has 0 radical (unpaired) electrons. The first kappa shape index (κ1) is 23.5. The van der Waals surface area contributed by atoms with Gasteiger partial charge in [0.15, 0.2) is 0 Å². The Hall–Kier alpha value is 0.558. The summed E-state index contributed by atoms with van der Waals surface area (Å²) < 4.78 is 34.6. The number of hydrogen-bond donors (Lipinski definition) is 2. The predicted octanol–water partition coefficient (Wildman–Crippen LogP) is -1.81. The minimum absolute atomic E-state index is 0.